The van der Waals surface area contributed by atoms with Crippen molar-refractivity contribution >= 4 is 17.5 Å². The van der Waals surface area contributed by atoms with Crippen LogP contribution in [0.3, 0.4) is 0 Å². The topological polar surface area (TPSA) is 161 Å². The Kier molecular flexibility index (Phi) is 14.7. The van der Waals surface area contributed by atoms with Crippen LogP contribution in [0, 0.1) is 22.0 Å². The number of ether oxygens (including phenoxy) is 2. The maximum atomic E-state index is 11.8. The number of unbranched alkanes of at least 4 members (excludes halogenated alkanes) is 1. The molecule has 1 fully saturated rings. The number of allylic oxidation sites excluding steroid dienone is 2. The van der Waals surface area contributed by atoms with Crippen molar-refractivity contribution in [1.29, 1.82) is 0 Å². The van der Waals surface area contributed by atoms with Crippen molar-refractivity contribution in [3.05, 3.63) is 63.7 Å². The highest BCUT2D eigenvalue weighted by Crippen LogP contribution is 2.36. The van der Waals surface area contributed by atoms with Crippen molar-refractivity contribution in [1.82, 2.24) is 5.32 Å². The molecule has 0 unspecified atom stereocenters. The Labute approximate surface area is 227 Å². The van der Waals surface area contributed by atoms with Gasteiger partial charge in [0.15, 0.2) is 0 Å². The number of nitrogens with zero attached hydrogens (tertiary/aromatic N) is 1. The van der Waals surface area contributed by atoms with Crippen LogP contribution in [0.5, 0.6) is 5.75 Å². The van der Waals surface area contributed by atoms with Gasteiger partial charge in [-0.15, -0.1) is 10.1 Å². The highest BCUT2D eigenvalue weighted by molar-refractivity contribution is 6.30. The standard InChI is InChI=1S/C26H37ClN2O9/c27-19-6-5-7-21(16-19)37-18-20(30)10-11-23-22(24(31)17-25(23)32)8-3-1-2-4-9-26(33)28-12-13-36-14-15-38-29(34)35/h1,3,5-7,10-11,16,20,22-25,30-32H,2,4,8-9,12-15,17-18H2,(H,28,33)/t20-,22-,23-,24+,25-/m1/s1. The van der Waals surface area contributed by atoms with Crippen molar-refractivity contribution in [2.45, 2.75) is 50.4 Å². The summed E-state index contributed by atoms with van der Waals surface area (Å²) in [6.45, 7) is 0.508. The van der Waals surface area contributed by atoms with E-state index in [0.29, 0.717) is 43.0 Å². The van der Waals surface area contributed by atoms with Crippen LogP contribution < -0.4 is 10.1 Å². The summed E-state index contributed by atoms with van der Waals surface area (Å²) in [5, 5.41) is 43.4. The predicted octanol–water partition coefficient (Wildman–Crippen LogP) is 2.45. The van der Waals surface area contributed by atoms with Crippen LogP contribution in [0.25, 0.3) is 0 Å². The molecule has 0 bridgehead atoms. The maximum Gasteiger partial charge on any atom is 0.294 e. The van der Waals surface area contributed by atoms with Crippen molar-refractivity contribution in [2.24, 2.45) is 11.8 Å². The summed E-state index contributed by atoms with van der Waals surface area (Å²) in [5.74, 6) is -0.0399. The van der Waals surface area contributed by atoms with Crippen LogP contribution in [-0.2, 0) is 14.4 Å². The molecule has 212 valence electrons. The Balaban J connectivity index is 1.63. The van der Waals surface area contributed by atoms with Crippen LogP contribution >= 0.6 is 11.6 Å². The molecule has 4 N–H and O–H groups in total. The molecule has 0 spiro atoms. The van der Waals surface area contributed by atoms with Crippen LogP contribution in [0.4, 0.5) is 0 Å². The largest absolute Gasteiger partial charge is 0.491 e. The van der Waals surface area contributed by atoms with Gasteiger partial charge in [0.25, 0.3) is 5.09 Å². The fourth-order valence-electron chi connectivity index (χ4n) is 4.13. The molecule has 0 aliphatic heterocycles. The van der Waals surface area contributed by atoms with E-state index in [0.717, 1.165) is 0 Å². The molecule has 0 radical (unpaired) electrons. The minimum absolute atomic E-state index is 0.0340. The van der Waals surface area contributed by atoms with Gasteiger partial charge in [-0.3, -0.25) is 4.79 Å². The van der Waals surface area contributed by atoms with Gasteiger partial charge in [0.1, 0.15) is 25.1 Å². The van der Waals surface area contributed by atoms with Gasteiger partial charge < -0.3 is 34.9 Å². The van der Waals surface area contributed by atoms with E-state index in [-0.39, 0.29) is 50.6 Å². The fraction of sp³-hybridized carbons (Fsp3) is 0.577. The average molecular weight is 557 g/mol. The molecule has 11 nitrogen and oxygen atoms in total. The first-order valence-electron chi connectivity index (χ1n) is 12.6. The van der Waals surface area contributed by atoms with Crippen LogP contribution in [0.15, 0.2) is 48.6 Å². The number of hydrogen-bond donors (Lipinski definition) is 4. The lowest BCUT2D eigenvalue weighted by atomic mass is 9.89. The van der Waals surface area contributed by atoms with Crippen LogP contribution in [0.1, 0.15) is 32.1 Å². The van der Waals surface area contributed by atoms with Gasteiger partial charge >= 0.3 is 0 Å². The van der Waals surface area contributed by atoms with E-state index in [1.807, 2.05) is 12.2 Å². The second-order valence-electron chi connectivity index (χ2n) is 8.95. The summed E-state index contributed by atoms with van der Waals surface area (Å²) in [4.78, 5) is 25.9. The molecule has 1 aliphatic rings. The van der Waals surface area contributed by atoms with Gasteiger partial charge in [0.2, 0.25) is 5.91 Å². The number of amides is 1. The normalized spacial score (nSPS) is 22.1. The van der Waals surface area contributed by atoms with E-state index in [2.05, 4.69) is 10.2 Å². The number of carbonyl (C=O) groups excluding carboxylic acids is 1. The molecule has 1 aromatic carbocycles. The average Bonchev–Trinajstić information content (AvgIpc) is 3.14. The van der Waals surface area contributed by atoms with Crippen molar-refractivity contribution < 1.29 is 39.5 Å². The van der Waals surface area contributed by atoms with Gasteiger partial charge in [-0.05, 0) is 43.4 Å². The quantitative estimate of drug-likeness (QED) is 0.0921. The number of halogens is 1. The molecule has 0 saturated heterocycles. The summed E-state index contributed by atoms with van der Waals surface area (Å²) >= 11 is 5.93. The fourth-order valence-corrected chi connectivity index (χ4v) is 4.31. The number of nitrogens with one attached hydrogen (secondary N) is 1. The molecule has 0 aromatic heterocycles. The van der Waals surface area contributed by atoms with Crippen LogP contribution in [-0.4, -0.2) is 77.6 Å². The molecular weight excluding hydrogens is 520 g/mol. The van der Waals surface area contributed by atoms with E-state index in [1.165, 1.54) is 0 Å². The highest BCUT2D eigenvalue weighted by Gasteiger charge is 2.39. The molecule has 1 saturated carbocycles. The first kappa shape index (κ1) is 31.5. The molecule has 2 rings (SSSR count). The van der Waals surface area contributed by atoms with Gasteiger partial charge in [0.05, 0.1) is 25.4 Å². The zero-order chi connectivity index (χ0) is 27.8. The Morgan fingerprint density at radius 2 is 2.05 bits per heavy atom. The van der Waals surface area contributed by atoms with Gasteiger partial charge in [-0.2, -0.15) is 0 Å². The molecule has 1 amide bonds. The molecule has 38 heavy (non-hydrogen) atoms. The molecular formula is C26H37ClN2O9. The number of rotatable bonds is 18. The lowest BCUT2D eigenvalue weighted by molar-refractivity contribution is -0.758. The minimum atomic E-state index is -0.887. The molecule has 1 aliphatic carbocycles. The zero-order valence-corrected chi connectivity index (χ0v) is 21.9. The SMILES string of the molecule is O=C(CCCC=CC[C@@H]1[C@@H](C=C[C@@H](O)COc2cccc(Cl)c2)[C@H](O)C[C@@H]1O)NCCOCCO[N+](=O)[O-]. The van der Waals surface area contributed by atoms with Gasteiger partial charge in [-0.1, -0.05) is 42.0 Å². The van der Waals surface area contributed by atoms with E-state index >= 15 is 0 Å². The van der Waals surface area contributed by atoms with E-state index in [4.69, 9.17) is 21.1 Å². The van der Waals surface area contributed by atoms with Crippen LogP contribution in [0.2, 0.25) is 5.02 Å². The summed E-state index contributed by atoms with van der Waals surface area (Å²) in [6, 6.07) is 6.88. The highest BCUT2D eigenvalue weighted by atomic mass is 35.5. The smallest absolute Gasteiger partial charge is 0.294 e. The predicted molar refractivity (Wildman–Crippen MR) is 140 cm³/mol. The molecule has 1 aromatic rings. The second kappa shape index (κ2) is 17.7. The number of hydrogen-bond acceptors (Lipinski definition) is 9. The molecule has 0 heterocycles. The van der Waals surface area contributed by atoms with Crippen molar-refractivity contribution in [2.75, 3.05) is 33.0 Å². The molecule has 5 atom stereocenters. The van der Waals surface area contributed by atoms with Gasteiger partial charge in [-0.25, -0.2) is 0 Å². The van der Waals surface area contributed by atoms with E-state index in [9.17, 15) is 30.2 Å². The number of aliphatic hydroxyl groups is 3. The summed E-state index contributed by atoms with van der Waals surface area (Å²) in [5.41, 5.74) is 0. The van der Waals surface area contributed by atoms with Crippen molar-refractivity contribution in [3.63, 3.8) is 0 Å². The monoisotopic (exact) mass is 556 g/mol. The zero-order valence-electron chi connectivity index (χ0n) is 21.2. The second-order valence-corrected chi connectivity index (χ2v) is 9.39. The number of carbonyl (C=O) groups is 1. The minimum Gasteiger partial charge on any atom is -0.491 e. The third kappa shape index (κ3) is 12.7. The Morgan fingerprint density at radius 1 is 1.24 bits per heavy atom. The Hall–Kier alpha value is -2.70. The van der Waals surface area contributed by atoms with E-state index in [1.54, 1.807) is 36.4 Å². The summed E-state index contributed by atoms with van der Waals surface area (Å²) < 4.78 is 10.6. The van der Waals surface area contributed by atoms with E-state index < -0.39 is 23.4 Å². The summed E-state index contributed by atoms with van der Waals surface area (Å²) in [7, 11) is 0. The Bertz CT molecular complexity index is 914. The van der Waals surface area contributed by atoms with Gasteiger partial charge in [0, 0.05) is 30.3 Å². The molecule has 12 heteroatoms. The van der Waals surface area contributed by atoms with Crippen molar-refractivity contribution in [3.8, 4) is 5.75 Å². The number of benzene rings is 1. The maximum absolute atomic E-state index is 11.8. The third-order valence-corrected chi connectivity index (χ3v) is 6.27. The third-order valence-electron chi connectivity index (χ3n) is 6.03. The Morgan fingerprint density at radius 3 is 2.82 bits per heavy atom. The lowest BCUT2D eigenvalue weighted by Gasteiger charge is -2.19. The summed E-state index contributed by atoms with van der Waals surface area (Å²) in [6.07, 6.45) is 7.52. The number of aliphatic hydroxyl groups excluding tert-OH is 3. The first-order chi connectivity index (χ1) is 18.3. The first-order valence-corrected chi connectivity index (χ1v) is 13.0. The lowest BCUT2D eigenvalue weighted by Crippen LogP contribution is -2.27.